The average Bonchev–Trinajstić information content (AvgIpc) is 1.83. The Morgan fingerprint density at radius 3 is 1.93 bits per heavy atom. The summed E-state index contributed by atoms with van der Waals surface area (Å²) in [6.45, 7) is 8.29. The Morgan fingerprint density at radius 2 is 1.60 bits per heavy atom. The second kappa shape index (κ2) is 4.42. The number of nitrogens with one attached hydrogen (secondary N) is 1. The van der Waals surface area contributed by atoms with Gasteiger partial charge in [-0.1, -0.05) is 0 Å². The molecule has 0 radical (unpaired) electrons. The highest BCUT2D eigenvalue weighted by atomic mass is 15.2. The summed E-state index contributed by atoms with van der Waals surface area (Å²) in [5.74, 6) is 0. The first-order chi connectivity index (χ1) is 8.78. The Morgan fingerprint density at radius 1 is 1.07 bits per heavy atom. The lowest BCUT2D eigenvalue weighted by Crippen LogP contribution is -2.56. The van der Waals surface area contributed by atoms with E-state index in [-0.39, 0.29) is 0 Å². The summed E-state index contributed by atoms with van der Waals surface area (Å²) in [6.07, 6.45) is 0.383. The van der Waals surface area contributed by atoms with Crippen molar-refractivity contribution in [3.63, 3.8) is 0 Å². The molecule has 15 heavy (non-hydrogen) atoms. The number of hydrogen-bond acceptors (Lipinski definition) is 2. The van der Waals surface area contributed by atoms with E-state index in [0.717, 1.165) is 0 Å². The Labute approximate surface area is 105 Å². The normalized spacial score (nSPS) is 22.4. The Balaban J connectivity index is 5.44. The fourth-order valence-electron chi connectivity index (χ4n) is 2.11. The highest BCUT2D eigenvalue weighted by molar-refractivity contribution is 4.94. The molecule has 0 saturated carbocycles. The minimum Gasteiger partial charge on any atom is -0.315 e. The van der Waals surface area contributed by atoms with Crippen LogP contribution in [0, 0.1) is 0 Å². The largest absolute Gasteiger partial charge is 0.315 e. The lowest BCUT2D eigenvalue weighted by atomic mass is 9.83. The number of nitrogens with zero attached hydrogens (tertiary/aromatic N) is 1. The molecule has 92 valence electrons. The number of hydrogen-bond donors (Lipinski definition) is 1. The second-order valence-corrected chi connectivity index (χ2v) is 6.50. The van der Waals surface area contributed by atoms with Gasteiger partial charge in [0.1, 0.15) is 0 Å². The average molecular weight is 220 g/mol. The van der Waals surface area contributed by atoms with E-state index in [9.17, 15) is 0 Å². The highest BCUT2D eigenvalue weighted by Gasteiger charge is 2.35. The topological polar surface area (TPSA) is 15.3 Å². The van der Waals surface area contributed by atoms with Gasteiger partial charge in [-0.2, -0.15) is 0 Å². The summed E-state index contributed by atoms with van der Waals surface area (Å²) >= 11 is 0. The smallest absolute Gasteiger partial charge is 0.0394 e. The Bertz CT molecular complexity index is 335. The molecule has 0 unspecified atom stereocenters. The molecule has 0 fully saturated rings. The first-order valence-electron chi connectivity index (χ1n) is 8.38. The first kappa shape index (κ1) is 7.29. The van der Waals surface area contributed by atoms with E-state index in [1.165, 1.54) is 4.90 Å². The van der Waals surface area contributed by atoms with Crippen molar-refractivity contribution in [3.8, 4) is 0 Å². The van der Waals surface area contributed by atoms with Gasteiger partial charge in [-0.3, -0.25) is 4.90 Å². The maximum Gasteiger partial charge on any atom is 0.0394 e. The molecule has 0 rings (SSSR count). The van der Waals surface area contributed by atoms with Crippen molar-refractivity contribution in [2.45, 2.75) is 71.5 Å². The van der Waals surface area contributed by atoms with E-state index in [2.05, 4.69) is 5.32 Å². The zero-order valence-electron chi connectivity index (χ0n) is 17.2. The molecule has 0 aliphatic rings. The third-order valence-corrected chi connectivity index (χ3v) is 2.49. The van der Waals surface area contributed by atoms with Crippen molar-refractivity contribution >= 4 is 0 Å². The minimum atomic E-state index is -2.26. The predicted molar refractivity (Wildman–Crippen MR) is 69.4 cm³/mol. The molecule has 0 saturated heterocycles. The van der Waals surface area contributed by atoms with Crippen LogP contribution in [0.3, 0.4) is 0 Å². The molecular formula is C13H30N2. The summed E-state index contributed by atoms with van der Waals surface area (Å²) in [7, 11) is 0. The molecule has 0 aromatic rings. The van der Waals surface area contributed by atoms with Gasteiger partial charge in [0.25, 0.3) is 0 Å². The molecule has 0 heterocycles. The van der Waals surface area contributed by atoms with Crippen LogP contribution in [0.25, 0.3) is 0 Å². The van der Waals surface area contributed by atoms with E-state index < -0.39 is 30.6 Å². The third-order valence-electron chi connectivity index (χ3n) is 2.49. The van der Waals surface area contributed by atoms with Gasteiger partial charge in [0, 0.05) is 24.8 Å². The van der Waals surface area contributed by atoms with Crippen LogP contribution < -0.4 is 5.32 Å². The molecule has 1 N–H and O–H groups in total. The van der Waals surface area contributed by atoms with Crippen molar-refractivity contribution < 1.29 is 8.22 Å². The second-order valence-electron chi connectivity index (χ2n) is 6.50. The Hall–Kier alpha value is -0.0800. The molecule has 0 aromatic carbocycles. The first-order valence-corrected chi connectivity index (χ1v) is 5.38. The van der Waals surface area contributed by atoms with Crippen LogP contribution in [0.2, 0.25) is 0 Å². The van der Waals surface area contributed by atoms with E-state index in [1.54, 1.807) is 13.8 Å². The lowest BCUT2D eigenvalue weighted by Gasteiger charge is -2.47. The van der Waals surface area contributed by atoms with Crippen molar-refractivity contribution in [1.29, 1.82) is 0 Å². The molecule has 0 aliphatic carbocycles. The quantitative estimate of drug-likeness (QED) is 0.784. The molecule has 0 aromatic heterocycles. The van der Waals surface area contributed by atoms with Crippen LogP contribution >= 0.6 is 0 Å². The lowest BCUT2D eigenvalue weighted by molar-refractivity contribution is 0.0341. The van der Waals surface area contributed by atoms with Gasteiger partial charge < -0.3 is 5.32 Å². The standard InChI is InChI=1S/C13H30N2/c1-11(2,3)15(9)13(6,7)10-12(4,5)14-8/h14H,10H2,1-9H3/i8D3,9D3. The van der Waals surface area contributed by atoms with E-state index >= 15 is 0 Å². The summed E-state index contributed by atoms with van der Waals surface area (Å²) in [5.41, 5.74) is -1.99. The van der Waals surface area contributed by atoms with Crippen LogP contribution in [0.15, 0.2) is 0 Å². The van der Waals surface area contributed by atoms with E-state index in [0.29, 0.717) is 6.42 Å². The maximum absolute atomic E-state index is 7.82. The maximum atomic E-state index is 7.82. The Kier molecular flexibility index (Phi) is 2.15. The third kappa shape index (κ3) is 4.52. The molecule has 2 heteroatoms. The van der Waals surface area contributed by atoms with Gasteiger partial charge in [-0.05, 0) is 68.8 Å². The fraction of sp³-hybridized carbons (Fsp3) is 1.00. The molecular weight excluding hydrogens is 184 g/mol. The van der Waals surface area contributed by atoms with Crippen LogP contribution in [0.4, 0.5) is 0 Å². The van der Waals surface area contributed by atoms with Gasteiger partial charge in [0.15, 0.2) is 0 Å². The van der Waals surface area contributed by atoms with Crippen LogP contribution in [0.1, 0.15) is 63.1 Å². The van der Waals surface area contributed by atoms with E-state index in [4.69, 9.17) is 8.22 Å². The van der Waals surface area contributed by atoms with Crippen molar-refractivity contribution in [2.75, 3.05) is 14.0 Å². The van der Waals surface area contributed by atoms with Gasteiger partial charge in [0.2, 0.25) is 0 Å². The zero-order chi connectivity index (χ0) is 17.5. The zero-order valence-corrected chi connectivity index (χ0v) is 11.2. The monoisotopic (exact) mass is 220 g/mol. The minimum absolute atomic E-state index is 0.383. The SMILES string of the molecule is [2H]C([2H])([2H])NC(C)(C)CC(C)(C)N(C([2H])([2H])[2H])C(C)(C)C. The molecule has 0 bridgehead atoms. The summed E-state index contributed by atoms with van der Waals surface area (Å²) in [4.78, 5) is 1.48. The molecule has 0 aliphatic heterocycles. The van der Waals surface area contributed by atoms with Crippen LogP contribution in [-0.4, -0.2) is 35.5 Å². The van der Waals surface area contributed by atoms with Gasteiger partial charge in [0.05, 0.1) is 0 Å². The molecule has 2 nitrogen and oxygen atoms in total. The van der Waals surface area contributed by atoms with Crippen molar-refractivity contribution in [1.82, 2.24) is 10.2 Å². The van der Waals surface area contributed by atoms with Crippen molar-refractivity contribution in [2.24, 2.45) is 0 Å². The predicted octanol–water partition coefficient (Wildman–Crippen LogP) is 2.88. The van der Waals surface area contributed by atoms with Gasteiger partial charge in [-0.15, -0.1) is 0 Å². The van der Waals surface area contributed by atoms with Crippen LogP contribution in [0.5, 0.6) is 0 Å². The van der Waals surface area contributed by atoms with Crippen molar-refractivity contribution in [3.05, 3.63) is 0 Å². The summed E-state index contributed by atoms with van der Waals surface area (Å²) < 4.78 is 45.5. The van der Waals surface area contributed by atoms with Crippen LogP contribution in [-0.2, 0) is 0 Å². The molecule has 0 amide bonds. The molecule has 0 spiro atoms. The molecule has 0 atom stereocenters. The highest BCUT2D eigenvalue weighted by Crippen LogP contribution is 2.29. The summed E-state index contributed by atoms with van der Waals surface area (Å²) in [6, 6.07) is 0. The van der Waals surface area contributed by atoms with E-state index in [1.807, 2.05) is 34.6 Å². The summed E-state index contributed by atoms with van der Waals surface area (Å²) in [5, 5.41) is 2.60. The number of rotatable bonds is 4. The fourth-order valence-corrected chi connectivity index (χ4v) is 2.11. The van der Waals surface area contributed by atoms with Gasteiger partial charge in [-0.25, -0.2) is 0 Å². The van der Waals surface area contributed by atoms with Gasteiger partial charge >= 0.3 is 0 Å².